The van der Waals surface area contributed by atoms with Gasteiger partial charge in [-0.1, -0.05) is 29.8 Å². The molecule has 0 aromatic heterocycles. The molecule has 0 aliphatic carbocycles. The Bertz CT molecular complexity index is 1100. The molecule has 2 aromatic rings. The Balaban J connectivity index is 1.85. The lowest BCUT2D eigenvalue weighted by atomic mass is 10.0. The number of carbonyl (C=O) groups is 1. The molecular formula is C20H22ClN3O6S. The van der Waals surface area contributed by atoms with Gasteiger partial charge in [0.15, 0.2) is 9.84 Å². The molecule has 0 N–H and O–H groups in total. The number of methoxy groups -OCH3 is 1. The molecular weight excluding hydrogens is 446 g/mol. The number of piperazine rings is 1. The van der Waals surface area contributed by atoms with Gasteiger partial charge in [-0.2, -0.15) is 0 Å². The summed E-state index contributed by atoms with van der Waals surface area (Å²) in [5, 5.41) is 12.0. The molecule has 0 amide bonds. The lowest BCUT2D eigenvalue weighted by molar-refractivity contribution is -0.384. The van der Waals surface area contributed by atoms with Crippen molar-refractivity contribution in [1.82, 2.24) is 4.90 Å². The average Bonchev–Trinajstić information content (AvgIpc) is 2.74. The molecule has 31 heavy (non-hydrogen) atoms. The molecule has 3 rings (SSSR count). The number of rotatable bonds is 6. The summed E-state index contributed by atoms with van der Waals surface area (Å²) < 4.78 is 28.5. The van der Waals surface area contributed by atoms with Crippen LogP contribution in [-0.2, 0) is 19.4 Å². The van der Waals surface area contributed by atoms with E-state index in [0.29, 0.717) is 42.5 Å². The Morgan fingerprint density at radius 1 is 1.16 bits per heavy atom. The van der Waals surface area contributed by atoms with Crippen molar-refractivity contribution < 1.29 is 22.9 Å². The summed E-state index contributed by atoms with van der Waals surface area (Å²) in [6.07, 6.45) is 1.01. The number of carbonyl (C=O) groups excluding carboxylic acids is 1. The van der Waals surface area contributed by atoms with Crippen molar-refractivity contribution in [3.05, 3.63) is 63.2 Å². The number of nitrogens with zero attached hydrogens (tertiary/aromatic N) is 3. The van der Waals surface area contributed by atoms with E-state index in [2.05, 4.69) is 0 Å². The number of sulfone groups is 1. The predicted octanol–water partition coefficient (Wildman–Crippen LogP) is 2.69. The highest BCUT2D eigenvalue weighted by Gasteiger charge is 2.34. The number of hydrogen-bond donors (Lipinski definition) is 0. The van der Waals surface area contributed by atoms with Gasteiger partial charge in [-0.05, 0) is 23.8 Å². The van der Waals surface area contributed by atoms with Crippen LogP contribution >= 0.6 is 11.6 Å². The van der Waals surface area contributed by atoms with Gasteiger partial charge in [0.1, 0.15) is 11.7 Å². The molecule has 1 fully saturated rings. The third-order valence-corrected chi connectivity index (χ3v) is 6.67. The molecule has 0 spiro atoms. The number of benzene rings is 2. The zero-order valence-electron chi connectivity index (χ0n) is 17.0. The quantitative estimate of drug-likeness (QED) is 0.362. The van der Waals surface area contributed by atoms with Crippen molar-refractivity contribution in [2.24, 2.45) is 0 Å². The van der Waals surface area contributed by atoms with Gasteiger partial charge in [0, 0.05) is 43.5 Å². The van der Waals surface area contributed by atoms with Gasteiger partial charge < -0.3 is 9.64 Å². The second-order valence-electron chi connectivity index (χ2n) is 7.15. The lowest BCUT2D eigenvalue weighted by Crippen LogP contribution is -2.49. The molecule has 1 saturated heterocycles. The minimum atomic E-state index is -3.57. The summed E-state index contributed by atoms with van der Waals surface area (Å²) in [7, 11) is -2.25. The molecule has 1 aliphatic heterocycles. The van der Waals surface area contributed by atoms with E-state index >= 15 is 0 Å². The molecule has 1 atom stereocenters. The van der Waals surface area contributed by atoms with Crippen LogP contribution < -0.4 is 4.90 Å². The van der Waals surface area contributed by atoms with E-state index in [0.717, 1.165) is 12.3 Å². The standard InChI is InChI=1S/C20H22ClN3O6S/c1-30-20(25)19(15-5-3-4-6-16(15)21)23-11-9-22(10-12-23)17-8-7-14(31(2,28)29)13-18(17)24(26)27/h3-8,13,19H,9-12H2,1-2H3. The van der Waals surface area contributed by atoms with E-state index in [-0.39, 0.29) is 10.6 Å². The summed E-state index contributed by atoms with van der Waals surface area (Å²) in [5.41, 5.74) is 0.698. The monoisotopic (exact) mass is 467 g/mol. The van der Waals surface area contributed by atoms with Crippen molar-refractivity contribution in [2.45, 2.75) is 10.9 Å². The number of nitro groups is 1. The van der Waals surface area contributed by atoms with Crippen molar-refractivity contribution >= 4 is 38.8 Å². The number of anilines is 1. The van der Waals surface area contributed by atoms with Crippen LogP contribution in [0.5, 0.6) is 0 Å². The third-order valence-electron chi connectivity index (χ3n) is 5.22. The highest BCUT2D eigenvalue weighted by molar-refractivity contribution is 7.90. The molecule has 1 unspecified atom stereocenters. The molecule has 0 radical (unpaired) electrons. The Morgan fingerprint density at radius 2 is 1.81 bits per heavy atom. The van der Waals surface area contributed by atoms with Crippen molar-refractivity contribution in [3.8, 4) is 0 Å². The first-order valence-electron chi connectivity index (χ1n) is 9.43. The van der Waals surface area contributed by atoms with Crippen LogP contribution in [0.15, 0.2) is 47.4 Å². The maximum Gasteiger partial charge on any atom is 0.327 e. The van der Waals surface area contributed by atoms with E-state index in [1.54, 1.807) is 24.3 Å². The second kappa shape index (κ2) is 9.21. The van der Waals surface area contributed by atoms with Crippen molar-refractivity contribution in [2.75, 3.05) is 44.4 Å². The van der Waals surface area contributed by atoms with E-state index in [1.165, 1.54) is 19.2 Å². The maximum atomic E-state index is 12.5. The van der Waals surface area contributed by atoms with Crippen LogP contribution in [0.1, 0.15) is 11.6 Å². The number of ether oxygens (including phenoxy) is 1. The Labute approximate surface area is 185 Å². The van der Waals surface area contributed by atoms with Crippen LogP contribution in [-0.4, -0.2) is 63.8 Å². The first-order chi connectivity index (χ1) is 14.6. The number of halogens is 1. The van der Waals surface area contributed by atoms with Crippen molar-refractivity contribution in [3.63, 3.8) is 0 Å². The van der Waals surface area contributed by atoms with Crippen LogP contribution in [0.2, 0.25) is 5.02 Å². The zero-order valence-corrected chi connectivity index (χ0v) is 18.6. The summed E-state index contributed by atoms with van der Waals surface area (Å²) in [4.78, 5) is 27.1. The van der Waals surface area contributed by atoms with Crippen molar-refractivity contribution in [1.29, 1.82) is 0 Å². The highest BCUT2D eigenvalue weighted by Crippen LogP contribution is 2.34. The van der Waals surface area contributed by atoms with E-state index in [1.807, 2.05) is 9.80 Å². The predicted molar refractivity (Wildman–Crippen MR) is 116 cm³/mol. The van der Waals surface area contributed by atoms with Gasteiger partial charge in [-0.15, -0.1) is 0 Å². The van der Waals surface area contributed by atoms with E-state index in [4.69, 9.17) is 16.3 Å². The molecule has 0 saturated carbocycles. The number of nitro benzene ring substituents is 1. The van der Waals surface area contributed by atoms with Gasteiger partial charge in [-0.3, -0.25) is 15.0 Å². The normalized spacial score (nSPS) is 16.0. The third kappa shape index (κ3) is 4.97. The van der Waals surface area contributed by atoms with E-state index in [9.17, 15) is 23.3 Å². The molecule has 9 nitrogen and oxygen atoms in total. The topological polar surface area (TPSA) is 110 Å². The fourth-order valence-electron chi connectivity index (χ4n) is 3.65. The molecule has 0 bridgehead atoms. The Hall–Kier alpha value is -2.69. The van der Waals surface area contributed by atoms with Crippen LogP contribution in [0.3, 0.4) is 0 Å². The number of esters is 1. The smallest absolute Gasteiger partial charge is 0.327 e. The first kappa shape index (κ1) is 23.0. The minimum absolute atomic E-state index is 0.105. The van der Waals surface area contributed by atoms with Crippen LogP contribution in [0.25, 0.3) is 0 Å². The van der Waals surface area contributed by atoms with E-state index < -0.39 is 26.8 Å². The molecule has 2 aromatic carbocycles. The maximum absolute atomic E-state index is 12.5. The largest absolute Gasteiger partial charge is 0.468 e. The lowest BCUT2D eigenvalue weighted by Gasteiger charge is -2.39. The van der Waals surface area contributed by atoms with Gasteiger partial charge in [0.05, 0.1) is 16.9 Å². The summed E-state index contributed by atoms with van der Waals surface area (Å²) in [5.74, 6) is -0.440. The van der Waals surface area contributed by atoms with Crippen LogP contribution in [0.4, 0.5) is 11.4 Å². The van der Waals surface area contributed by atoms with Gasteiger partial charge >= 0.3 is 5.97 Å². The summed E-state index contributed by atoms with van der Waals surface area (Å²) in [6, 6.07) is 10.3. The van der Waals surface area contributed by atoms with Crippen LogP contribution in [0, 0.1) is 10.1 Å². The summed E-state index contributed by atoms with van der Waals surface area (Å²) in [6.45, 7) is 1.65. The Kier molecular flexibility index (Phi) is 6.83. The molecule has 166 valence electrons. The Morgan fingerprint density at radius 3 is 2.35 bits per heavy atom. The first-order valence-corrected chi connectivity index (χ1v) is 11.7. The fraction of sp³-hybridized carbons (Fsp3) is 0.350. The SMILES string of the molecule is COC(=O)C(c1ccccc1Cl)N1CCN(c2ccc(S(C)(=O)=O)cc2[N+](=O)[O-])CC1. The number of hydrogen-bond acceptors (Lipinski definition) is 8. The fourth-order valence-corrected chi connectivity index (χ4v) is 4.53. The summed E-state index contributed by atoms with van der Waals surface area (Å²) >= 11 is 6.30. The molecule has 1 aliphatic rings. The highest BCUT2D eigenvalue weighted by atomic mass is 35.5. The van der Waals surface area contributed by atoms with Gasteiger partial charge in [-0.25, -0.2) is 13.2 Å². The average molecular weight is 468 g/mol. The zero-order chi connectivity index (χ0) is 22.8. The molecule has 11 heteroatoms. The minimum Gasteiger partial charge on any atom is -0.468 e. The van der Waals surface area contributed by atoms with Gasteiger partial charge in [0.2, 0.25) is 0 Å². The van der Waals surface area contributed by atoms with Gasteiger partial charge in [0.25, 0.3) is 5.69 Å². The molecule has 1 heterocycles. The second-order valence-corrected chi connectivity index (χ2v) is 9.57.